The van der Waals surface area contributed by atoms with Gasteiger partial charge in [-0.05, 0) is 25.0 Å². The Kier molecular flexibility index (Phi) is 4.92. The summed E-state index contributed by atoms with van der Waals surface area (Å²) in [6, 6.07) is 4.51. The van der Waals surface area contributed by atoms with E-state index in [0.717, 1.165) is 5.56 Å². The van der Waals surface area contributed by atoms with Gasteiger partial charge in [-0.3, -0.25) is 4.79 Å². The van der Waals surface area contributed by atoms with E-state index >= 15 is 0 Å². The molecule has 1 aromatic rings. The van der Waals surface area contributed by atoms with Crippen LogP contribution in [0.3, 0.4) is 0 Å². The highest BCUT2D eigenvalue weighted by atomic mass is 16.5. The Balaban J connectivity index is 2.94. The molecule has 0 fully saturated rings. The maximum atomic E-state index is 12.2. The summed E-state index contributed by atoms with van der Waals surface area (Å²) in [7, 11) is 1.30. The lowest BCUT2D eigenvalue weighted by atomic mass is 10.0. The van der Waals surface area contributed by atoms with E-state index in [2.05, 4.69) is 10.1 Å². The lowest BCUT2D eigenvalue weighted by Gasteiger charge is -2.20. The van der Waals surface area contributed by atoms with Crippen molar-refractivity contribution < 1.29 is 14.3 Å². The Labute approximate surface area is 113 Å². The minimum absolute atomic E-state index is 0.0672. The molecule has 0 saturated carbocycles. The first kappa shape index (κ1) is 15.0. The molecule has 0 bridgehead atoms. The summed E-state index contributed by atoms with van der Waals surface area (Å²) < 4.78 is 4.68. The lowest BCUT2D eigenvalue weighted by molar-refractivity contribution is -0.144. The van der Waals surface area contributed by atoms with E-state index in [9.17, 15) is 9.59 Å². The molecule has 0 radical (unpaired) electrons. The summed E-state index contributed by atoms with van der Waals surface area (Å²) in [5.74, 6) is -0.901. The average Bonchev–Trinajstić information content (AvgIpc) is 2.37. The van der Waals surface area contributed by atoms with Gasteiger partial charge in [-0.2, -0.15) is 0 Å². The molecule has 1 aromatic carbocycles. The Morgan fingerprint density at radius 2 is 1.95 bits per heavy atom. The Morgan fingerprint density at radius 3 is 2.47 bits per heavy atom. The van der Waals surface area contributed by atoms with Crippen molar-refractivity contribution >= 4 is 17.6 Å². The van der Waals surface area contributed by atoms with Gasteiger partial charge < -0.3 is 15.8 Å². The number of ether oxygens (including phenoxy) is 1. The standard InChI is InChI=1S/C14H20N2O3/c1-8(2)12(14(18)19-4)16-13(17)10-7-9(3)5-6-11(10)15/h5-8,12H,15H2,1-4H3,(H,16,17)/t12-/m0/s1. The molecule has 0 heterocycles. The van der Waals surface area contributed by atoms with Crippen molar-refractivity contribution in [3.63, 3.8) is 0 Å². The molecule has 0 spiro atoms. The third-order valence-electron chi connectivity index (χ3n) is 2.86. The normalized spacial score (nSPS) is 12.1. The molecule has 19 heavy (non-hydrogen) atoms. The summed E-state index contributed by atoms with van der Waals surface area (Å²) in [4.78, 5) is 23.8. The van der Waals surface area contributed by atoms with Crippen LogP contribution >= 0.6 is 0 Å². The average molecular weight is 264 g/mol. The van der Waals surface area contributed by atoms with Crippen molar-refractivity contribution in [1.29, 1.82) is 0 Å². The van der Waals surface area contributed by atoms with E-state index in [4.69, 9.17) is 5.73 Å². The van der Waals surface area contributed by atoms with Crippen LogP contribution < -0.4 is 11.1 Å². The highest BCUT2D eigenvalue weighted by Gasteiger charge is 2.25. The predicted molar refractivity (Wildman–Crippen MR) is 73.7 cm³/mol. The molecular formula is C14H20N2O3. The quantitative estimate of drug-likeness (QED) is 0.638. The molecule has 0 unspecified atom stereocenters. The molecule has 0 aromatic heterocycles. The topological polar surface area (TPSA) is 81.4 Å². The van der Waals surface area contributed by atoms with Gasteiger partial charge in [0, 0.05) is 5.69 Å². The van der Waals surface area contributed by atoms with Crippen LogP contribution in [0.1, 0.15) is 29.8 Å². The van der Waals surface area contributed by atoms with E-state index in [1.165, 1.54) is 7.11 Å². The van der Waals surface area contributed by atoms with Gasteiger partial charge in [0.2, 0.25) is 0 Å². The van der Waals surface area contributed by atoms with Crippen LogP contribution in [0.25, 0.3) is 0 Å². The molecule has 104 valence electrons. The van der Waals surface area contributed by atoms with Crippen molar-refractivity contribution in [2.24, 2.45) is 5.92 Å². The van der Waals surface area contributed by atoms with Crippen molar-refractivity contribution in [1.82, 2.24) is 5.32 Å². The Morgan fingerprint density at radius 1 is 1.32 bits per heavy atom. The van der Waals surface area contributed by atoms with Gasteiger partial charge in [0.1, 0.15) is 6.04 Å². The molecule has 0 aliphatic rings. The van der Waals surface area contributed by atoms with Crippen molar-refractivity contribution in [2.75, 3.05) is 12.8 Å². The largest absolute Gasteiger partial charge is 0.467 e. The smallest absolute Gasteiger partial charge is 0.328 e. The summed E-state index contributed by atoms with van der Waals surface area (Å²) in [5, 5.41) is 2.66. The van der Waals surface area contributed by atoms with Crippen LogP contribution in [0.15, 0.2) is 18.2 Å². The molecule has 1 atom stereocenters. The molecule has 0 aliphatic carbocycles. The van der Waals surface area contributed by atoms with E-state index in [0.29, 0.717) is 11.3 Å². The number of aryl methyl sites for hydroxylation is 1. The predicted octanol–water partition coefficient (Wildman–Crippen LogP) is 1.50. The first-order chi connectivity index (χ1) is 8.86. The second-order valence-corrected chi connectivity index (χ2v) is 4.81. The van der Waals surface area contributed by atoms with Crippen LogP contribution in [0.4, 0.5) is 5.69 Å². The number of nitrogens with two attached hydrogens (primary N) is 1. The fraction of sp³-hybridized carbons (Fsp3) is 0.429. The molecule has 0 saturated heterocycles. The van der Waals surface area contributed by atoms with Crippen LogP contribution in [0.2, 0.25) is 0 Å². The van der Waals surface area contributed by atoms with E-state index in [1.807, 2.05) is 26.8 Å². The number of hydrogen-bond acceptors (Lipinski definition) is 4. The van der Waals surface area contributed by atoms with E-state index in [1.54, 1.807) is 12.1 Å². The number of nitrogen functional groups attached to an aromatic ring is 1. The highest BCUT2D eigenvalue weighted by molar-refractivity contribution is 6.01. The highest BCUT2D eigenvalue weighted by Crippen LogP contribution is 2.14. The van der Waals surface area contributed by atoms with Gasteiger partial charge in [-0.25, -0.2) is 4.79 Å². The summed E-state index contributed by atoms with van der Waals surface area (Å²) in [5.41, 5.74) is 7.46. The van der Waals surface area contributed by atoms with Gasteiger partial charge in [0.05, 0.1) is 12.7 Å². The number of carbonyl (C=O) groups excluding carboxylic acids is 2. The van der Waals surface area contributed by atoms with Gasteiger partial charge in [0.25, 0.3) is 5.91 Å². The van der Waals surface area contributed by atoms with Crippen LogP contribution in [0.5, 0.6) is 0 Å². The first-order valence-electron chi connectivity index (χ1n) is 6.11. The van der Waals surface area contributed by atoms with Crippen molar-refractivity contribution in [2.45, 2.75) is 26.8 Å². The Hall–Kier alpha value is -2.04. The first-order valence-corrected chi connectivity index (χ1v) is 6.11. The molecule has 3 N–H and O–H groups in total. The molecule has 5 nitrogen and oxygen atoms in total. The van der Waals surface area contributed by atoms with E-state index in [-0.39, 0.29) is 11.8 Å². The molecular weight excluding hydrogens is 244 g/mol. The number of benzene rings is 1. The van der Waals surface area contributed by atoms with Crippen LogP contribution in [-0.2, 0) is 9.53 Å². The summed E-state index contributed by atoms with van der Waals surface area (Å²) >= 11 is 0. The van der Waals surface area contributed by atoms with Crippen molar-refractivity contribution in [3.8, 4) is 0 Å². The number of carbonyl (C=O) groups is 2. The van der Waals surface area contributed by atoms with Crippen molar-refractivity contribution in [3.05, 3.63) is 29.3 Å². The monoisotopic (exact) mass is 264 g/mol. The molecule has 1 amide bonds. The zero-order valence-corrected chi connectivity index (χ0v) is 11.7. The third-order valence-corrected chi connectivity index (χ3v) is 2.86. The second-order valence-electron chi connectivity index (χ2n) is 4.81. The SMILES string of the molecule is COC(=O)[C@@H](NC(=O)c1cc(C)ccc1N)C(C)C. The number of esters is 1. The van der Waals surface area contributed by atoms with Crippen LogP contribution in [-0.4, -0.2) is 25.0 Å². The van der Waals surface area contributed by atoms with Crippen LogP contribution in [0, 0.1) is 12.8 Å². The maximum absolute atomic E-state index is 12.2. The zero-order valence-electron chi connectivity index (χ0n) is 11.7. The van der Waals surface area contributed by atoms with E-state index < -0.39 is 12.0 Å². The number of methoxy groups -OCH3 is 1. The summed E-state index contributed by atoms with van der Waals surface area (Å²) in [6.07, 6.45) is 0. The second kappa shape index (κ2) is 6.22. The number of nitrogens with one attached hydrogen (secondary N) is 1. The molecule has 5 heteroatoms. The number of amides is 1. The fourth-order valence-electron chi connectivity index (χ4n) is 1.71. The zero-order chi connectivity index (χ0) is 14.6. The minimum atomic E-state index is -0.683. The van der Waals surface area contributed by atoms with Gasteiger partial charge >= 0.3 is 5.97 Å². The lowest BCUT2D eigenvalue weighted by Crippen LogP contribution is -2.45. The number of anilines is 1. The molecule has 1 rings (SSSR count). The minimum Gasteiger partial charge on any atom is -0.467 e. The summed E-state index contributed by atoms with van der Waals surface area (Å²) in [6.45, 7) is 5.54. The maximum Gasteiger partial charge on any atom is 0.328 e. The number of hydrogen-bond donors (Lipinski definition) is 2. The van der Waals surface area contributed by atoms with Gasteiger partial charge in [0.15, 0.2) is 0 Å². The Bertz CT molecular complexity index is 484. The molecule has 0 aliphatic heterocycles. The van der Waals surface area contributed by atoms with Gasteiger partial charge in [-0.1, -0.05) is 25.5 Å². The third kappa shape index (κ3) is 3.71. The number of rotatable bonds is 4. The van der Waals surface area contributed by atoms with Gasteiger partial charge in [-0.15, -0.1) is 0 Å². The fourth-order valence-corrected chi connectivity index (χ4v) is 1.71.